The third-order valence-electron chi connectivity index (χ3n) is 4.37. The molecular weight excluding hydrogens is 342 g/mol. The lowest BCUT2D eigenvalue weighted by molar-refractivity contribution is -0.286. The van der Waals surface area contributed by atoms with Crippen LogP contribution in [0.2, 0.25) is 0 Å². The zero-order chi connectivity index (χ0) is 17.7. The van der Waals surface area contributed by atoms with E-state index in [-0.39, 0.29) is 24.1 Å². The molecule has 134 valence electrons. The number of rotatable bonds is 1. The van der Waals surface area contributed by atoms with E-state index in [1.54, 1.807) is 4.90 Å². The average molecular weight is 356 g/mol. The molecule has 1 spiro atoms. The Morgan fingerprint density at radius 3 is 2.52 bits per heavy atom. The smallest absolute Gasteiger partial charge is 0.430 e. The number of likely N-dealkylation sites (tertiary alicyclic amines) is 1. The maximum Gasteiger partial charge on any atom is 0.586 e. The molecule has 8 nitrogen and oxygen atoms in total. The summed E-state index contributed by atoms with van der Waals surface area (Å²) >= 11 is 0. The molecule has 1 aromatic carbocycles. The van der Waals surface area contributed by atoms with Gasteiger partial charge < -0.3 is 29.2 Å². The monoisotopic (exact) mass is 356 g/mol. The topological polar surface area (TPSA) is 86.3 Å². The molecule has 2 fully saturated rings. The molecule has 25 heavy (non-hydrogen) atoms. The second-order valence-electron chi connectivity index (χ2n) is 6.07. The van der Waals surface area contributed by atoms with Crippen molar-refractivity contribution in [1.82, 2.24) is 4.90 Å². The Bertz CT molecular complexity index is 733. The first-order valence-electron chi connectivity index (χ1n) is 7.66. The van der Waals surface area contributed by atoms with Crippen LogP contribution >= 0.6 is 0 Å². The summed E-state index contributed by atoms with van der Waals surface area (Å²) < 4.78 is 44.7. The normalized spacial score (nSPS) is 22.5. The summed E-state index contributed by atoms with van der Waals surface area (Å²) in [5.74, 6) is -0.235. The number of fused-ring (bicyclic) bond motifs is 1. The molecule has 3 heterocycles. The first-order valence-corrected chi connectivity index (χ1v) is 7.66. The zero-order valence-corrected chi connectivity index (χ0v) is 12.9. The van der Waals surface area contributed by atoms with Crippen molar-refractivity contribution in [2.24, 2.45) is 0 Å². The fourth-order valence-electron chi connectivity index (χ4n) is 3.02. The van der Waals surface area contributed by atoms with Gasteiger partial charge in [0.2, 0.25) is 0 Å². The number of hydrogen-bond donors (Lipinski definition) is 1. The molecule has 3 aliphatic heterocycles. The number of carbonyl (C=O) groups excluding carboxylic acids is 2. The molecule has 3 aliphatic rings. The van der Waals surface area contributed by atoms with Gasteiger partial charge in [-0.2, -0.15) is 0 Å². The predicted molar refractivity (Wildman–Crippen MR) is 77.6 cm³/mol. The number of amides is 2. The van der Waals surface area contributed by atoms with Gasteiger partial charge in [-0.1, -0.05) is 0 Å². The van der Waals surface area contributed by atoms with E-state index in [1.807, 2.05) is 0 Å². The summed E-state index contributed by atoms with van der Waals surface area (Å²) in [6.07, 6.45) is -3.44. The van der Waals surface area contributed by atoms with Crippen LogP contribution in [-0.4, -0.2) is 48.7 Å². The van der Waals surface area contributed by atoms with Gasteiger partial charge in [-0.3, -0.25) is 0 Å². The van der Waals surface area contributed by atoms with E-state index in [9.17, 15) is 18.4 Å². The number of cyclic esters (lactones) is 1. The highest BCUT2D eigenvalue weighted by Crippen LogP contribution is 2.42. The second kappa shape index (κ2) is 5.36. The zero-order valence-electron chi connectivity index (χ0n) is 12.9. The first-order chi connectivity index (χ1) is 11.8. The third kappa shape index (κ3) is 2.99. The molecule has 0 atom stereocenters. The van der Waals surface area contributed by atoms with Crippen LogP contribution in [0.5, 0.6) is 11.5 Å². The largest absolute Gasteiger partial charge is 0.586 e. The molecule has 4 rings (SSSR count). The van der Waals surface area contributed by atoms with Gasteiger partial charge in [-0.15, -0.1) is 8.78 Å². The van der Waals surface area contributed by atoms with Gasteiger partial charge in [0.1, 0.15) is 6.61 Å². The molecule has 1 aromatic rings. The summed E-state index contributed by atoms with van der Waals surface area (Å²) in [4.78, 5) is 25.0. The van der Waals surface area contributed by atoms with Crippen molar-refractivity contribution in [3.05, 3.63) is 18.2 Å². The SMILES string of the molecule is O=C1OCC2(CCN(C(=O)Nc3ccc4c(c3)OC(F)(F)O4)CC2)O1. The fraction of sp³-hybridized carbons (Fsp3) is 0.467. The minimum absolute atomic E-state index is 0.0917. The Labute approximate surface area is 140 Å². The number of nitrogens with one attached hydrogen (secondary N) is 1. The van der Waals surface area contributed by atoms with E-state index in [1.165, 1.54) is 18.2 Å². The van der Waals surface area contributed by atoms with Gasteiger partial charge in [0.05, 0.1) is 0 Å². The number of urea groups is 1. The highest BCUT2D eigenvalue weighted by molar-refractivity contribution is 5.89. The molecule has 0 aliphatic carbocycles. The Kier molecular flexibility index (Phi) is 3.37. The molecular formula is C15H14F2N2O6. The van der Waals surface area contributed by atoms with E-state index in [0.29, 0.717) is 31.6 Å². The van der Waals surface area contributed by atoms with Crippen molar-refractivity contribution in [3.8, 4) is 11.5 Å². The van der Waals surface area contributed by atoms with E-state index >= 15 is 0 Å². The molecule has 10 heteroatoms. The highest BCUT2D eigenvalue weighted by atomic mass is 19.3. The van der Waals surface area contributed by atoms with Crippen molar-refractivity contribution in [2.75, 3.05) is 25.0 Å². The number of hydrogen-bond acceptors (Lipinski definition) is 6. The minimum Gasteiger partial charge on any atom is -0.430 e. The number of alkyl halides is 2. The maximum absolute atomic E-state index is 13.0. The predicted octanol–water partition coefficient (Wildman–Crippen LogP) is 2.54. The van der Waals surface area contributed by atoms with Gasteiger partial charge in [-0.25, -0.2) is 9.59 Å². The van der Waals surface area contributed by atoms with Crippen LogP contribution in [0.15, 0.2) is 18.2 Å². The number of piperidine rings is 1. The Morgan fingerprint density at radius 2 is 1.84 bits per heavy atom. The second-order valence-corrected chi connectivity index (χ2v) is 6.07. The Balaban J connectivity index is 1.37. The van der Waals surface area contributed by atoms with Gasteiger partial charge in [0, 0.05) is 37.7 Å². The molecule has 0 saturated carbocycles. The molecule has 0 unspecified atom stereocenters. The molecule has 0 bridgehead atoms. The van der Waals surface area contributed by atoms with Crippen LogP contribution in [-0.2, 0) is 9.47 Å². The van der Waals surface area contributed by atoms with Crippen LogP contribution in [0.4, 0.5) is 24.1 Å². The molecule has 0 radical (unpaired) electrons. The average Bonchev–Trinajstić information content (AvgIpc) is 3.06. The van der Waals surface area contributed by atoms with Crippen molar-refractivity contribution in [2.45, 2.75) is 24.7 Å². The summed E-state index contributed by atoms with van der Waals surface area (Å²) in [6.45, 7) is 0.952. The standard InChI is InChI=1S/C15H14F2N2O6/c16-15(17)23-10-2-1-9(7-11(10)24-15)18-12(20)19-5-3-14(4-6-19)8-22-13(21)25-14/h1-2,7H,3-6,8H2,(H,18,20). The lowest BCUT2D eigenvalue weighted by Gasteiger charge is -2.36. The molecule has 2 saturated heterocycles. The fourth-order valence-corrected chi connectivity index (χ4v) is 3.02. The number of carbonyl (C=O) groups is 2. The van der Waals surface area contributed by atoms with Gasteiger partial charge in [0.25, 0.3) is 0 Å². The number of nitrogens with zero attached hydrogens (tertiary/aromatic N) is 1. The van der Waals surface area contributed by atoms with Crippen molar-refractivity contribution in [1.29, 1.82) is 0 Å². The first kappa shape index (κ1) is 15.7. The lowest BCUT2D eigenvalue weighted by atomic mass is 9.92. The Hall–Kier alpha value is -2.78. The van der Waals surface area contributed by atoms with E-state index in [0.717, 1.165) is 0 Å². The number of ether oxygens (including phenoxy) is 4. The number of halogens is 2. The third-order valence-corrected chi connectivity index (χ3v) is 4.37. The van der Waals surface area contributed by atoms with Gasteiger partial charge >= 0.3 is 18.5 Å². The molecule has 1 N–H and O–H groups in total. The number of anilines is 1. The Morgan fingerprint density at radius 1 is 1.12 bits per heavy atom. The van der Waals surface area contributed by atoms with Crippen molar-refractivity contribution >= 4 is 17.9 Å². The van der Waals surface area contributed by atoms with E-state index < -0.39 is 18.1 Å². The number of benzene rings is 1. The van der Waals surface area contributed by atoms with Crippen LogP contribution in [0.1, 0.15) is 12.8 Å². The minimum atomic E-state index is -3.70. The summed E-state index contributed by atoms with van der Waals surface area (Å²) in [6, 6.07) is 3.63. The summed E-state index contributed by atoms with van der Waals surface area (Å²) in [7, 11) is 0. The summed E-state index contributed by atoms with van der Waals surface area (Å²) in [5, 5.41) is 2.62. The van der Waals surface area contributed by atoms with E-state index in [2.05, 4.69) is 14.8 Å². The van der Waals surface area contributed by atoms with E-state index in [4.69, 9.17) is 9.47 Å². The maximum atomic E-state index is 13.0. The van der Waals surface area contributed by atoms with Gasteiger partial charge in [0.15, 0.2) is 17.1 Å². The lowest BCUT2D eigenvalue weighted by Crippen LogP contribution is -2.49. The summed E-state index contributed by atoms with van der Waals surface area (Å²) in [5.41, 5.74) is -0.348. The van der Waals surface area contributed by atoms with Crippen LogP contribution < -0.4 is 14.8 Å². The van der Waals surface area contributed by atoms with Gasteiger partial charge in [-0.05, 0) is 12.1 Å². The van der Waals surface area contributed by atoms with Crippen molar-refractivity contribution < 1.29 is 37.3 Å². The quantitative estimate of drug-likeness (QED) is 0.779. The highest BCUT2D eigenvalue weighted by Gasteiger charge is 2.46. The van der Waals surface area contributed by atoms with Crippen LogP contribution in [0, 0.1) is 0 Å². The van der Waals surface area contributed by atoms with Crippen molar-refractivity contribution in [3.63, 3.8) is 0 Å². The van der Waals surface area contributed by atoms with Crippen LogP contribution in [0.3, 0.4) is 0 Å². The van der Waals surface area contributed by atoms with Crippen LogP contribution in [0.25, 0.3) is 0 Å². The molecule has 0 aromatic heterocycles. The molecule has 2 amide bonds.